The van der Waals surface area contributed by atoms with Crippen molar-refractivity contribution in [3.8, 4) is 5.75 Å². The van der Waals surface area contributed by atoms with Crippen LogP contribution in [0.5, 0.6) is 5.75 Å². The van der Waals surface area contributed by atoms with Gasteiger partial charge < -0.3 is 10.1 Å². The number of rotatable bonds is 3. The van der Waals surface area contributed by atoms with E-state index in [9.17, 15) is 4.79 Å². The van der Waals surface area contributed by atoms with Crippen LogP contribution in [0.1, 0.15) is 37.0 Å². The molecule has 0 saturated heterocycles. The Kier molecular flexibility index (Phi) is 3.80. The SMILES string of the molecule is COc1ccc(N2C(=O)c3ccccc3N[C@H]2C2=CC[C@H]3C[C@H]2C3(C)C)cc1. The van der Waals surface area contributed by atoms with Gasteiger partial charge in [0.25, 0.3) is 5.91 Å². The number of ether oxygens (including phenoxy) is 1. The summed E-state index contributed by atoms with van der Waals surface area (Å²) in [5, 5.41) is 3.67. The van der Waals surface area contributed by atoms with Gasteiger partial charge in [-0.1, -0.05) is 32.1 Å². The van der Waals surface area contributed by atoms with E-state index >= 15 is 0 Å². The van der Waals surface area contributed by atoms with Crippen LogP contribution in [0.25, 0.3) is 0 Å². The number of benzene rings is 2. The fourth-order valence-corrected chi connectivity index (χ4v) is 5.20. The summed E-state index contributed by atoms with van der Waals surface area (Å²) in [4.78, 5) is 15.5. The molecule has 1 heterocycles. The molecule has 0 aromatic heterocycles. The van der Waals surface area contributed by atoms with Gasteiger partial charge in [-0.25, -0.2) is 0 Å². The number of nitrogens with zero attached hydrogens (tertiary/aromatic N) is 1. The minimum absolute atomic E-state index is 0.0460. The van der Waals surface area contributed by atoms with E-state index in [1.54, 1.807) is 7.11 Å². The normalized spacial score (nSPS) is 27.2. The Bertz CT molecular complexity index is 961. The molecule has 1 fully saturated rings. The maximum atomic E-state index is 13.5. The molecule has 2 bridgehead atoms. The smallest absolute Gasteiger partial charge is 0.262 e. The Morgan fingerprint density at radius 1 is 1.11 bits per heavy atom. The number of allylic oxidation sites excluding steroid dienone is 1. The molecule has 0 radical (unpaired) electrons. The molecule has 2 aromatic rings. The van der Waals surface area contributed by atoms with Gasteiger partial charge in [0.2, 0.25) is 0 Å². The molecule has 2 aromatic carbocycles. The lowest BCUT2D eigenvalue weighted by Gasteiger charge is -2.58. The summed E-state index contributed by atoms with van der Waals surface area (Å²) in [5.74, 6) is 2.12. The summed E-state index contributed by atoms with van der Waals surface area (Å²) >= 11 is 0. The maximum Gasteiger partial charge on any atom is 0.262 e. The first-order chi connectivity index (χ1) is 13.5. The van der Waals surface area contributed by atoms with Crippen molar-refractivity contribution in [3.63, 3.8) is 0 Å². The van der Waals surface area contributed by atoms with Gasteiger partial charge in [-0.05, 0) is 72.1 Å². The number of carbonyl (C=O) groups is 1. The minimum atomic E-state index is -0.152. The molecule has 144 valence electrons. The van der Waals surface area contributed by atoms with Gasteiger partial charge in [-0.3, -0.25) is 9.69 Å². The average Bonchev–Trinajstić information content (AvgIpc) is 2.73. The van der Waals surface area contributed by atoms with Crippen LogP contribution in [0.4, 0.5) is 11.4 Å². The third-order valence-electron chi connectivity index (χ3n) is 7.10. The monoisotopic (exact) mass is 374 g/mol. The van der Waals surface area contributed by atoms with E-state index in [4.69, 9.17) is 4.74 Å². The van der Waals surface area contributed by atoms with Crippen LogP contribution < -0.4 is 15.0 Å². The van der Waals surface area contributed by atoms with Crippen molar-refractivity contribution in [3.05, 3.63) is 65.7 Å². The maximum absolute atomic E-state index is 13.5. The number of fused-ring (bicyclic) bond motifs is 2. The van der Waals surface area contributed by atoms with Crippen molar-refractivity contribution in [2.24, 2.45) is 17.3 Å². The molecular weight excluding hydrogens is 348 g/mol. The number of hydrogen-bond donors (Lipinski definition) is 1. The molecule has 1 saturated carbocycles. The summed E-state index contributed by atoms with van der Waals surface area (Å²) < 4.78 is 5.30. The Labute approximate surface area is 166 Å². The predicted molar refractivity (Wildman–Crippen MR) is 112 cm³/mol. The zero-order chi connectivity index (χ0) is 19.5. The van der Waals surface area contributed by atoms with Gasteiger partial charge in [0.05, 0.1) is 12.7 Å². The molecule has 0 unspecified atom stereocenters. The molecule has 28 heavy (non-hydrogen) atoms. The molecule has 4 nitrogen and oxygen atoms in total. The van der Waals surface area contributed by atoms with Gasteiger partial charge in [0.15, 0.2) is 0 Å². The van der Waals surface area contributed by atoms with Gasteiger partial charge in [-0.15, -0.1) is 0 Å². The number of carbonyl (C=O) groups excluding carboxylic acids is 1. The van der Waals surface area contributed by atoms with E-state index in [0.29, 0.717) is 11.3 Å². The van der Waals surface area contributed by atoms with Crippen LogP contribution in [-0.4, -0.2) is 19.2 Å². The second kappa shape index (κ2) is 6.13. The third-order valence-corrected chi connectivity index (χ3v) is 7.10. The van der Waals surface area contributed by atoms with Crippen molar-refractivity contribution in [2.75, 3.05) is 17.3 Å². The van der Waals surface area contributed by atoms with Gasteiger partial charge in [0.1, 0.15) is 11.9 Å². The summed E-state index contributed by atoms with van der Waals surface area (Å²) in [5.41, 5.74) is 4.18. The van der Waals surface area contributed by atoms with Gasteiger partial charge in [-0.2, -0.15) is 0 Å². The first-order valence-corrected chi connectivity index (χ1v) is 10.0. The summed E-state index contributed by atoms with van der Waals surface area (Å²) in [7, 11) is 1.66. The number of methoxy groups -OCH3 is 1. The molecule has 1 aliphatic heterocycles. The number of anilines is 2. The topological polar surface area (TPSA) is 41.6 Å². The van der Waals surface area contributed by atoms with Crippen LogP contribution in [0.3, 0.4) is 0 Å². The fourth-order valence-electron chi connectivity index (χ4n) is 5.20. The van der Waals surface area contributed by atoms with Crippen molar-refractivity contribution >= 4 is 17.3 Å². The van der Waals surface area contributed by atoms with Crippen LogP contribution in [-0.2, 0) is 0 Å². The lowest BCUT2D eigenvalue weighted by atomic mass is 9.48. The second-order valence-electron chi connectivity index (χ2n) is 8.71. The van der Waals surface area contributed by atoms with Crippen LogP contribution in [0.2, 0.25) is 0 Å². The highest BCUT2D eigenvalue weighted by Gasteiger charge is 2.54. The lowest BCUT2D eigenvalue weighted by molar-refractivity contribution is -0.00924. The highest BCUT2D eigenvalue weighted by Crippen LogP contribution is 2.60. The van der Waals surface area contributed by atoms with Crippen molar-refractivity contribution in [2.45, 2.75) is 32.9 Å². The van der Waals surface area contributed by atoms with Crippen LogP contribution >= 0.6 is 0 Å². The van der Waals surface area contributed by atoms with Crippen molar-refractivity contribution in [1.29, 1.82) is 0 Å². The zero-order valence-electron chi connectivity index (χ0n) is 16.6. The quantitative estimate of drug-likeness (QED) is 0.761. The van der Waals surface area contributed by atoms with Crippen molar-refractivity contribution in [1.82, 2.24) is 0 Å². The zero-order valence-corrected chi connectivity index (χ0v) is 16.6. The minimum Gasteiger partial charge on any atom is -0.497 e. The first kappa shape index (κ1) is 17.4. The van der Waals surface area contributed by atoms with E-state index < -0.39 is 0 Å². The van der Waals surface area contributed by atoms with Crippen molar-refractivity contribution < 1.29 is 9.53 Å². The largest absolute Gasteiger partial charge is 0.497 e. The Morgan fingerprint density at radius 3 is 2.54 bits per heavy atom. The number of para-hydroxylation sites is 1. The molecule has 4 heteroatoms. The van der Waals surface area contributed by atoms with E-state index in [1.807, 2.05) is 53.4 Å². The Balaban J connectivity index is 1.60. The predicted octanol–water partition coefficient (Wildman–Crippen LogP) is 5.09. The first-order valence-electron chi connectivity index (χ1n) is 10.0. The highest BCUT2D eigenvalue weighted by molar-refractivity contribution is 6.12. The molecular formula is C24H26N2O2. The Hall–Kier alpha value is -2.75. The van der Waals surface area contributed by atoms with E-state index in [-0.39, 0.29) is 12.1 Å². The second-order valence-corrected chi connectivity index (χ2v) is 8.71. The summed E-state index contributed by atoms with van der Waals surface area (Å²) in [6, 6.07) is 15.6. The number of amides is 1. The molecule has 4 aliphatic rings. The summed E-state index contributed by atoms with van der Waals surface area (Å²) in [6.07, 6.45) is 4.55. The third kappa shape index (κ3) is 2.40. The molecule has 3 aliphatic carbocycles. The molecule has 1 N–H and O–H groups in total. The van der Waals surface area contributed by atoms with E-state index in [1.165, 1.54) is 12.0 Å². The Morgan fingerprint density at radius 2 is 1.86 bits per heavy atom. The van der Waals surface area contributed by atoms with Gasteiger partial charge in [0, 0.05) is 11.4 Å². The molecule has 6 rings (SSSR count). The number of hydrogen-bond acceptors (Lipinski definition) is 3. The highest BCUT2D eigenvalue weighted by atomic mass is 16.5. The van der Waals surface area contributed by atoms with Crippen LogP contribution in [0.15, 0.2) is 60.2 Å². The summed E-state index contributed by atoms with van der Waals surface area (Å²) in [6.45, 7) is 4.74. The van der Waals surface area contributed by atoms with Crippen LogP contribution in [0, 0.1) is 17.3 Å². The fraction of sp³-hybridized carbons (Fsp3) is 0.375. The van der Waals surface area contributed by atoms with Gasteiger partial charge >= 0.3 is 0 Å². The lowest BCUT2D eigenvalue weighted by Crippen LogP contribution is -2.57. The molecule has 1 amide bonds. The van der Waals surface area contributed by atoms with E-state index in [2.05, 4.69) is 25.2 Å². The molecule has 0 spiro atoms. The average molecular weight is 374 g/mol. The standard InChI is InChI=1S/C24H26N2O2/c1-24(2)15-8-13-18(20(24)14-15)22-25-21-7-5-4-6-19(21)23(27)26(22)16-9-11-17(28-3)12-10-16/h4-7,9-13,15,20,22,25H,8,14H2,1-3H3/t15-,20+,22+/m0/s1. The van der Waals surface area contributed by atoms with E-state index in [0.717, 1.165) is 35.0 Å². The molecule has 3 atom stereocenters. The number of nitrogens with one attached hydrogen (secondary N) is 1.